The van der Waals surface area contributed by atoms with Gasteiger partial charge < -0.3 is 5.32 Å². The molecule has 0 aliphatic carbocycles. The molecule has 0 radical (unpaired) electrons. The van der Waals surface area contributed by atoms with Crippen LogP contribution in [0.2, 0.25) is 0 Å². The van der Waals surface area contributed by atoms with Crippen molar-refractivity contribution in [3.05, 3.63) is 55.3 Å². The van der Waals surface area contributed by atoms with Gasteiger partial charge in [0.15, 0.2) is 0 Å². The van der Waals surface area contributed by atoms with Crippen molar-refractivity contribution in [2.24, 2.45) is 7.05 Å². The van der Waals surface area contributed by atoms with Gasteiger partial charge in [-0.3, -0.25) is 14.8 Å². The van der Waals surface area contributed by atoms with E-state index in [2.05, 4.69) is 26.3 Å². The lowest BCUT2D eigenvalue weighted by molar-refractivity contribution is -0.385. The van der Waals surface area contributed by atoms with Crippen molar-refractivity contribution in [1.29, 1.82) is 0 Å². The standard InChI is InChI=1S/C14H17BrN4O2/c1-9-14(10(2)18(3)17-9)8-16-7-11-4-12(15)6-13(5-11)19(20)21/h4-6,16H,7-8H2,1-3H3. The highest BCUT2D eigenvalue weighted by molar-refractivity contribution is 9.10. The Balaban J connectivity index is 2.05. The minimum Gasteiger partial charge on any atom is -0.308 e. The predicted octanol–water partition coefficient (Wildman–Crippen LogP) is 3.00. The number of aromatic nitrogens is 2. The summed E-state index contributed by atoms with van der Waals surface area (Å²) in [6, 6.07) is 4.96. The highest BCUT2D eigenvalue weighted by Gasteiger charge is 2.10. The molecule has 2 rings (SSSR count). The van der Waals surface area contributed by atoms with Gasteiger partial charge in [-0.05, 0) is 25.5 Å². The average molecular weight is 353 g/mol. The Hall–Kier alpha value is -1.73. The molecule has 1 heterocycles. The van der Waals surface area contributed by atoms with Gasteiger partial charge in [-0.25, -0.2) is 0 Å². The summed E-state index contributed by atoms with van der Waals surface area (Å²) >= 11 is 3.30. The quantitative estimate of drug-likeness (QED) is 0.663. The molecule has 0 saturated heterocycles. The maximum absolute atomic E-state index is 10.8. The molecule has 0 bridgehead atoms. The van der Waals surface area contributed by atoms with Crippen molar-refractivity contribution in [2.75, 3.05) is 0 Å². The van der Waals surface area contributed by atoms with Gasteiger partial charge >= 0.3 is 0 Å². The van der Waals surface area contributed by atoms with Gasteiger partial charge in [0, 0.05) is 48.0 Å². The van der Waals surface area contributed by atoms with Crippen LogP contribution in [0.1, 0.15) is 22.5 Å². The molecule has 1 aromatic heterocycles. The summed E-state index contributed by atoms with van der Waals surface area (Å²) in [5.74, 6) is 0. The molecule has 0 spiro atoms. The molecule has 6 nitrogen and oxygen atoms in total. The summed E-state index contributed by atoms with van der Waals surface area (Å²) in [6.45, 7) is 5.26. The second-order valence-electron chi connectivity index (χ2n) is 4.95. The summed E-state index contributed by atoms with van der Waals surface area (Å²) < 4.78 is 2.57. The van der Waals surface area contributed by atoms with Crippen LogP contribution in [0.25, 0.3) is 0 Å². The van der Waals surface area contributed by atoms with E-state index in [1.807, 2.05) is 31.6 Å². The zero-order valence-electron chi connectivity index (χ0n) is 12.2. The van der Waals surface area contributed by atoms with E-state index < -0.39 is 0 Å². The van der Waals surface area contributed by atoms with Gasteiger partial charge in [0.2, 0.25) is 0 Å². The second-order valence-corrected chi connectivity index (χ2v) is 5.87. The number of nitrogens with zero attached hydrogens (tertiary/aromatic N) is 3. The van der Waals surface area contributed by atoms with E-state index in [0.717, 1.165) is 17.0 Å². The molecule has 0 saturated carbocycles. The van der Waals surface area contributed by atoms with Crippen molar-refractivity contribution < 1.29 is 4.92 Å². The van der Waals surface area contributed by atoms with Gasteiger partial charge in [-0.15, -0.1) is 0 Å². The smallest absolute Gasteiger partial charge is 0.270 e. The van der Waals surface area contributed by atoms with Crippen LogP contribution in [0.15, 0.2) is 22.7 Å². The molecule has 7 heteroatoms. The van der Waals surface area contributed by atoms with Crippen LogP contribution in [0.4, 0.5) is 5.69 Å². The molecule has 2 aromatic rings. The number of halogens is 1. The number of hydrogen-bond donors (Lipinski definition) is 1. The topological polar surface area (TPSA) is 73.0 Å². The largest absolute Gasteiger partial charge is 0.308 e. The Bertz CT molecular complexity index is 682. The molecule has 1 N–H and O–H groups in total. The molecule has 0 amide bonds. The molecule has 0 fully saturated rings. The minimum absolute atomic E-state index is 0.0925. The summed E-state index contributed by atoms with van der Waals surface area (Å²) in [7, 11) is 1.92. The van der Waals surface area contributed by atoms with Crippen molar-refractivity contribution in [2.45, 2.75) is 26.9 Å². The van der Waals surface area contributed by atoms with Crippen LogP contribution in [-0.4, -0.2) is 14.7 Å². The molecule has 1 aromatic carbocycles. The van der Waals surface area contributed by atoms with Crippen LogP contribution >= 0.6 is 15.9 Å². The second kappa shape index (κ2) is 6.36. The van der Waals surface area contributed by atoms with Gasteiger partial charge in [0.25, 0.3) is 5.69 Å². The predicted molar refractivity (Wildman–Crippen MR) is 84.0 cm³/mol. The van der Waals surface area contributed by atoms with Crippen molar-refractivity contribution in [3.8, 4) is 0 Å². The summed E-state index contributed by atoms with van der Waals surface area (Å²) in [4.78, 5) is 10.5. The van der Waals surface area contributed by atoms with Crippen molar-refractivity contribution in [3.63, 3.8) is 0 Å². The Morgan fingerprint density at radius 2 is 2.05 bits per heavy atom. The fraction of sp³-hybridized carbons (Fsp3) is 0.357. The number of nitro benzene ring substituents is 1. The lowest BCUT2D eigenvalue weighted by atomic mass is 10.1. The zero-order chi connectivity index (χ0) is 15.6. The van der Waals surface area contributed by atoms with Gasteiger partial charge in [-0.1, -0.05) is 15.9 Å². The monoisotopic (exact) mass is 352 g/mol. The average Bonchev–Trinajstić information content (AvgIpc) is 2.64. The molecule has 0 aliphatic heterocycles. The number of non-ortho nitro benzene ring substituents is 1. The van der Waals surface area contributed by atoms with E-state index in [1.54, 1.807) is 6.07 Å². The summed E-state index contributed by atoms with van der Waals surface area (Å²) in [5, 5.41) is 18.5. The van der Waals surface area contributed by atoms with Gasteiger partial charge in [0.05, 0.1) is 10.6 Å². The number of hydrogen-bond acceptors (Lipinski definition) is 4. The number of aryl methyl sites for hydroxylation is 2. The first-order valence-electron chi connectivity index (χ1n) is 6.52. The van der Waals surface area contributed by atoms with Crippen molar-refractivity contribution >= 4 is 21.6 Å². The van der Waals surface area contributed by atoms with E-state index in [4.69, 9.17) is 0 Å². The number of benzene rings is 1. The first-order chi connectivity index (χ1) is 9.88. The van der Waals surface area contributed by atoms with E-state index in [-0.39, 0.29) is 10.6 Å². The minimum atomic E-state index is -0.385. The third-order valence-corrected chi connectivity index (χ3v) is 3.90. The lowest BCUT2D eigenvalue weighted by Crippen LogP contribution is -2.14. The highest BCUT2D eigenvalue weighted by Crippen LogP contribution is 2.21. The van der Waals surface area contributed by atoms with E-state index in [0.29, 0.717) is 17.6 Å². The Kier molecular flexibility index (Phi) is 4.74. The highest BCUT2D eigenvalue weighted by atomic mass is 79.9. The van der Waals surface area contributed by atoms with Crippen LogP contribution in [0.3, 0.4) is 0 Å². The fourth-order valence-corrected chi connectivity index (χ4v) is 2.77. The first-order valence-corrected chi connectivity index (χ1v) is 7.31. The van der Waals surface area contributed by atoms with Gasteiger partial charge in [0.1, 0.15) is 0 Å². The normalized spacial score (nSPS) is 10.9. The van der Waals surface area contributed by atoms with E-state index in [9.17, 15) is 10.1 Å². The third-order valence-electron chi connectivity index (χ3n) is 3.44. The van der Waals surface area contributed by atoms with E-state index in [1.165, 1.54) is 11.6 Å². The Morgan fingerprint density at radius 3 is 2.62 bits per heavy atom. The molecule has 21 heavy (non-hydrogen) atoms. The SMILES string of the molecule is Cc1nn(C)c(C)c1CNCc1cc(Br)cc([N+](=O)[O-])c1. The zero-order valence-corrected chi connectivity index (χ0v) is 13.8. The number of nitrogens with one attached hydrogen (secondary N) is 1. The third kappa shape index (κ3) is 3.68. The summed E-state index contributed by atoms with van der Waals surface area (Å²) in [5.41, 5.74) is 4.26. The summed E-state index contributed by atoms with van der Waals surface area (Å²) in [6.07, 6.45) is 0. The van der Waals surface area contributed by atoms with Crippen LogP contribution < -0.4 is 5.32 Å². The Labute approximate surface area is 131 Å². The molecule has 0 atom stereocenters. The first kappa shape index (κ1) is 15.7. The van der Waals surface area contributed by atoms with Crippen LogP contribution in [0, 0.1) is 24.0 Å². The molecular formula is C14H17BrN4O2. The fourth-order valence-electron chi connectivity index (χ4n) is 2.25. The maximum atomic E-state index is 10.8. The molecule has 0 aliphatic rings. The van der Waals surface area contributed by atoms with Crippen LogP contribution in [0.5, 0.6) is 0 Å². The maximum Gasteiger partial charge on any atom is 0.270 e. The Morgan fingerprint density at radius 1 is 1.33 bits per heavy atom. The molecule has 112 valence electrons. The number of rotatable bonds is 5. The van der Waals surface area contributed by atoms with Crippen LogP contribution in [-0.2, 0) is 20.1 Å². The van der Waals surface area contributed by atoms with Gasteiger partial charge in [-0.2, -0.15) is 5.10 Å². The van der Waals surface area contributed by atoms with E-state index >= 15 is 0 Å². The van der Waals surface area contributed by atoms with Crippen molar-refractivity contribution in [1.82, 2.24) is 15.1 Å². The molecule has 0 unspecified atom stereocenters. The molecular weight excluding hydrogens is 336 g/mol. The lowest BCUT2D eigenvalue weighted by Gasteiger charge is -2.06. The number of nitro groups is 1.